The highest BCUT2D eigenvalue weighted by molar-refractivity contribution is 5.94. The number of pyridine rings is 1. The Labute approximate surface area is 256 Å². The number of aliphatic carboxylic acids is 1. The number of allylic oxidation sites excluding steroid dienone is 1. The summed E-state index contributed by atoms with van der Waals surface area (Å²) in [5, 5.41) is 20.7. The van der Waals surface area contributed by atoms with Crippen molar-refractivity contribution in [2.75, 3.05) is 27.3 Å². The Morgan fingerprint density at radius 3 is 2.77 bits per heavy atom. The zero-order chi connectivity index (χ0) is 31.4. The van der Waals surface area contributed by atoms with E-state index >= 15 is 0 Å². The maximum atomic E-state index is 13.5. The van der Waals surface area contributed by atoms with Crippen LogP contribution in [0.1, 0.15) is 44.6 Å². The number of carbonyl (C=O) groups excluding carboxylic acids is 2. The number of carboxylic acid groups (broad SMARTS) is 1. The van der Waals surface area contributed by atoms with E-state index in [1.807, 2.05) is 55.1 Å². The summed E-state index contributed by atoms with van der Waals surface area (Å²) in [6.07, 6.45) is 10.4. The molecule has 1 aliphatic heterocycles. The molecule has 2 aromatic heterocycles. The van der Waals surface area contributed by atoms with Crippen LogP contribution in [-0.2, 0) is 16.1 Å². The van der Waals surface area contributed by atoms with E-state index in [4.69, 9.17) is 14.5 Å². The van der Waals surface area contributed by atoms with Crippen molar-refractivity contribution in [1.29, 1.82) is 0 Å². The van der Waals surface area contributed by atoms with Crippen LogP contribution in [0.3, 0.4) is 0 Å². The van der Waals surface area contributed by atoms with Gasteiger partial charge >= 0.3 is 12.0 Å². The van der Waals surface area contributed by atoms with Gasteiger partial charge in [0.1, 0.15) is 23.1 Å². The third kappa shape index (κ3) is 6.34. The predicted octanol–water partition coefficient (Wildman–Crippen LogP) is 3.91. The number of fused-ring (bicyclic) bond motifs is 2. The molecule has 3 amide bonds. The summed E-state index contributed by atoms with van der Waals surface area (Å²) in [4.78, 5) is 45.2. The lowest BCUT2D eigenvalue weighted by Crippen LogP contribution is -2.55. The lowest BCUT2D eigenvalue weighted by atomic mass is 10.1. The van der Waals surface area contributed by atoms with Crippen LogP contribution < -0.4 is 20.1 Å². The maximum Gasteiger partial charge on any atom is 0.330 e. The molecule has 3 heterocycles. The Balaban J connectivity index is 1.41. The number of urea groups is 1. The monoisotopic (exact) mass is 604 g/mol. The van der Waals surface area contributed by atoms with Crippen molar-refractivity contribution in [1.82, 2.24) is 30.3 Å². The molecule has 2 aliphatic rings. The smallest absolute Gasteiger partial charge is 0.330 e. The molecule has 0 bridgehead atoms. The number of ether oxygens (including phenoxy) is 2. The Hall–Kier alpha value is -4.61. The molecule has 0 radical (unpaired) electrons. The highest BCUT2D eigenvalue weighted by atomic mass is 16.5. The molecule has 0 unspecified atom stereocenters. The number of benzene rings is 1. The van der Waals surface area contributed by atoms with Gasteiger partial charge in [-0.2, -0.15) is 5.10 Å². The quantitative estimate of drug-likeness (QED) is 0.328. The van der Waals surface area contributed by atoms with Gasteiger partial charge in [-0.15, -0.1) is 0 Å². The second-order valence-corrected chi connectivity index (χ2v) is 11.4. The van der Waals surface area contributed by atoms with Gasteiger partial charge in [0.2, 0.25) is 5.91 Å². The predicted molar refractivity (Wildman–Crippen MR) is 165 cm³/mol. The number of hydrogen-bond donors (Lipinski definition) is 3. The summed E-state index contributed by atoms with van der Waals surface area (Å²) in [6.45, 7) is 5.26. The third-order valence-electron chi connectivity index (χ3n) is 8.47. The van der Waals surface area contributed by atoms with Crippen molar-refractivity contribution in [3.63, 3.8) is 0 Å². The number of nitrogens with one attached hydrogen (secondary N) is 2. The minimum absolute atomic E-state index is 0.0728. The molecule has 44 heavy (non-hydrogen) atoms. The van der Waals surface area contributed by atoms with Crippen molar-refractivity contribution in [3.05, 3.63) is 48.3 Å². The fraction of sp³-hybridized carbons (Fsp3) is 0.469. The molecule has 234 valence electrons. The number of rotatable bonds is 8. The van der Waals surface area contributed by atoms with Crippen molar-refractivity contribution in [3.8, 4) is 22.8 Å². The zero-order valence-corrected chi connectivity index (χ0v) is 25.6. The molecule has 12 nitrogen and oxygen atoms in total. The largest absolute Gasteiger partial charge is 0.496 e. The highest BCUT2D eigenvalue weighted by Gasteiger charge is 2.60. The first kappa shape index (κ1) is 30.8. The number of aromatic nitrogens is 3. The fourth-order valence-electron chi connectivity index (χ4n) is 5.59. The minimum atomic E-state index is -1.37. The van der Waals surface area contributed by atoms with Gasteiger partial charge in [-0.25, -0.2) is 14.6 Å². The number of aryl methyl sites for hydroxylation is 2. The first-order valence-corrected chi connectivity index (χ1v) is 15.0. The summed E-state index contributed by atoms with van der Waals surface area (Å²) in [6, 6.07) is 4.17. The molecule has 1 aliphatic carbocycles. The molecule has 3 atom stereocenters. The number of carboxylic acids is 1. The summed E-state index contributed by atoms with van der Waals surface area (Å²) in [5.41, 5.74) is 1.69. The second-order valence-electron chi connectivity index (χ2n) is 11.4. The van der Waals surface area contributed by atoms with Crippen LogP contribution in [0.25, 0.3) is 22.2 Å². The van der Waals surface area contributed by atoms with E-state index in [-0.39, 0.29) is 18.9 Å². The normalized spacial score (nSPS) is 22.5. The second kappa shape index (κ2) is 12.9. The van der Waals surface area contributed by atoms with E-state index in [0.717, 1.165) is 35.8 Å². The van der Waals surface area contributed by atoms with E-state index in [1.54, 1.807) is 25.3 Å². The Kier molecular flexibility index (Phi) is 9.07. The van der Waals surface area contributed by atoms with Gasteiger partial charge in [-0.3, -0.25) is 9.48 Å². The van der Waals surface area contributed by atoms with Gasteiger partial charge < -0.3 is 30.1 Å². The molecule has 1 fully saturated rings. The summed E-state index contributed by atoms with van der Waals surface area (Å²) in [7, 11) is 3.29. The van der Waals surface area contributed by atoms with E-state index in [1.165, 1.54) is 0 Å². The van der Waals surface area contributed by atoms with Crippen LogP contribution in [0.15, 0.2) is 42.7 Å². The standard InChI is InChI=1S/C32H40N6O6/c1-5-38-19-21(18-33-38)25-16-27(23-11-12-26(43-4)20(2)28(23)34-25)44-15-13-24-29(39)36-32(30(40)41)17-22(32)10-8-6-7-9-14-37(3)31(42)35-24/h8,10-12,16,18-19,22,24H,5-7,9,13-15,17H2,1-4H3,(H,35,42)(H,36,39)(H,40,41)/t22-,24+,32-/m1/s1. The van der Waals surface area contributed by atoms with Crippen molar-refractivity contribution < 1.29 is 29.0 Å². The fourth-order valence-corrected chi connectivity index (χ4v) is 5.59. The number of nitrogens with zero attached hydrogens (tertiary/aromatic N) is 4. The van der Waals surface area contributed by atoms with Crippen molar-refractivity contribution in [2.45, 2.75) is 64.1 Å². The SMILES string of the molecule is CCn1cc(-c2cc(OCC[C@@H]3NC(=O)N(C)CCCCC=C[C@@H]4C[C@@]4(C(=O)O)NC3=O)c3ccc(OC)c(C)c3n2)cn1. The average Bonchev–Trinajstić information content (AvgIpc) is 3.49. The number of hydrogen-bond acceptors (Lipinski definition) is 7. The van der Waals surface area contributed by atoms with Gasteiger partial charge in [0, 0.05) is 61.3 Å². The Morgan fingerprint density at radius 2 is 2.05 bits per heavy atom. The molecule has 3 N–H and O–H groups in total. The van der Waals surface area contributed by atoms with E-state index in [0.29, 0.717) is 42.2 Å². The zero-order valence-electron chi connectivity index (χ0n) is 25.6. The third-order valence-corrected chi connectivity index (χ3v) is 8.47. The van der Waals surface area contributed by atoms with Crippen LogP contribution in [0.5, 0.6) is 11.5 Å². The van der Waals surface area contributed by atoms with E-state index in [9.17, 15) is 19.5 Å². The molecule has 3 aromatic rings. The first-order valence-electron chi connectivity index (χ1n) is 15.0. The van der Waals surface area contributed by atoms with E-state index < -0.39 is 29.5 Å². The van der Waals surface area contributed by atoms with Gasteiger partial charge in [0.05, 0.1) is 31.1 Å². The topological polar surface area (TPSA) is 148 Å². The molecule has 5 rings (SSSR count). The van der Waals surface area contributed by atoms with Crippen LogP contribution in [0.2, 0.25) is 0 Å². The lowest BCUT2D eigenvalue weighted by Gasteiger charge is -2.25. The van der Waals surface area contributed by atoms with Crippen LogP contribution in [0.4, 0.5) is 4.79 Å². The maximum absolute atomic E-state index is 13.5. The van der Waals surface area contributed by atoms with Crippen molar-refractivity contribution in [2.24, 2.45) is 5.92 Å². The Morgan fingerprint density at radius 1 is 1.23 bits per heavy atom. The summed E-state index contributed by atoms with van der Waals surface area (Å²) in [5.74, 6) is -0.682. The van der Waals surface area contributed by atoms with Crippen LogP contribution in [-0.4, -0.2) is 81.6 Å². The highest BCUT2D eigenvalue weighted by Crippen LogP contribution is 2.45. The molecule has 0 saturated heterocycles. The number of amides is 3. The first-order chi connectivity index (χ1) is 21.2. The van der Waals surface area contributed by atoms with Gasteiger partial charge in [0.15, 0.2) is 0 Å². The lowest BCUT2D eigenvalue weighted by molar-refractivity contribution is -0.143. The minimum Gasteiger partial charge on any atom is -0.496 e. The summed E-state index contributed by atoms with van der Waals surface area (Å²) >= 11 is 0. The molecular formula is C32H40N6O6. The molecule has 12 heteroatoms. The van der Waals surface area contributed by atoms with Crippen LogP contribution >= 0.6 is 0 Å². The number of carbonyl (C=O) groups is 3. The van der Waals surface area contributed by atoms with Gasteiger partial charge in [-0.05, 0) is 51.7 Å². The summed E-state index contributed by atoms with van der Waals surface area (Å²) < 4.78 is 13.6. The van der Waals surface area contributed by atoms with Gasteiger partial charge in [0.25, 0.3) is 0 Å². The molecular weight excluding hydrogens is 564 g/mol. The van der Waals surface area contributed by atoms with Crippen LogP contribution in [0, 0.1) is 12.8 Å². The van der Waals surface area contributed by atoms with E-state index in [2.05, 4.69) is 15.7 Å². The molecule has 0 spiro atoms. The molecule has 1 aromatic carbocycles. The average molecular weight is 605 g/mol. The Bertz CT molecular complexity index is 1580. The molecule has 1 saturated carbocycles. The van der Waals surface area contributed by atoms with Crippen molar-refractivity contribution >= 4 is 28.8 Å². The van der Waals surface area contributed by atoms with Gasteiger partial charge in [-0.1, -0.05) is 12.2 Å². The number of methoxy groups -OCH3 is 1.